The minimum absolute atomic E-state index is 0.0216. The predicted molar refractivity (Wildman–Crippen MR) is 78.6 cm³/mol. The first-order valence-corrected chi connectivity index (χ1v) is 8.15. The van der Waals surface area contributed by atoms with Crippen LogP contribution in [-0.2, 0) is 14.3 Å². The van der Waals surface area contributed by atoms with Gasteiger partial charge in [-0.2, -0.15) is 0 Å². The van der Waals surface area contributed by atoms with Gasteiger partial charge in [0.25, 0.3) is 0 Å². The number of piperidine rings is 1. The van der Waals surface area contributed by atoms with Gasteiger partial charge in [0.05, 0.1) is 11.5 Å². The van der Waals surface area contributed by atoms with Crippen LogP contribution in [0.2, 0.25) is 0 Å². The average molecular weight is 283 g/mol. The zero-order chi connectivity index (χ0) is 14.4. The molecule has 3 unspecified atom stereocenters. The standard InChI is InChI=1S/C16H29NO3/c1-3-8-16(9-5-10-17-12-16)15(18)20-14-7-4-6-13(11-14)19-2/h13-14,17H,3-12H2,1-2H3. The fourth-order valence-corrected chi connectivity index (χ4v) is 3.64. The van der Waals surface area contributed by atoms with Crippen LogP contribution in [-0.4, -0.2) is 38.4 Å². The molecule has 1 saturated carbocycles. The molecule has 4 heteroatoms. The summed E-state index contributed by atoms with van der Waals surface area (Å²) in [5.41, 5.74) is -0.285. The van der Waals surface area contributed by atoms with E-state index in [1.54, 1.807) is 7.11 Å². The van der Waals surface area contributed by atoms with E-state index in [2.05, 4.69) is 12.2 Å². The maximum Gasteiger partial charge on any atom is 0.313 e. The second-order valence-electron chi connectivity index (χ2n) is 6.36. The SMILES string of the molecule is CCCC1(C(=O)OC2CCCC(OC)C2)CCCNC1. The molecule has 1 aliphatic carbocycles. The van der Waals surface area contributed by atoms with E-state index in [-0.39, 0.29) is 23.6 Å². The normalized spacial score (nSPS) is 34.7. The van der Waals surface area contributed by atoms with Crippen LogP contribution in [0, 0.1) is 5.41 Å². The molecule has 4 nitrogen and oxygen atoms in total. The molecule has 0 bridgehead atoms. The molecule has 2 aliphatic rings. The van der Waals surface area contributed by atoms with Crippen LogP contribution in [0.1, 0.15) is 58.3 Å². The van der Waals surface area contributed by atoms with Crippen LogP contribution < -0.4 is 5.32 Å². The van der Waals surface area contributed by atoms with Crippen molar-refractivity contribution in [1.82, 2.24) is 5.32 Å². The summed E-state index contributed by atoms with van der Waals surface area (Å²) in [4.78, 5) is 12.7. The van der Waals surface area contributed by atoms with Crippen molar-refractivity contribution in [2.45, 2.75) is 70.5 Å². The zero-order valence-electron chi connectivity index (χ0n) is 13.0. The number of methoxy groups -OCH3 is 1. The average Bonchev–Trinajstić information content (AvgIpc) is 2.48. The Labute approximate surface area is 122 Å². The highest BCUT2D eigenvalue weighted by Gasteiger charge is 2.41. The van der Waals surface area contributed by atoms with Crippen LogP contribution in [0.15, 0.2) is 0 Å². The van der Waals surface area contributed by atoms with Crippen molar-refractivity contribution < 1.29 is 14.3 Å². The Morgan fingerprint density at radius 3 is 2.75 bits per heavy atom. The van der Waals surface area contributed by atoms with E-state index < -0.39 is 0 Å². The first-order chi connectivity index (χ1) is 9.70. The van der Waals surface area contributed by atoms with Crippen molar-refractivity contribution in [2.24, 2.45) is 5.41 Å². The van der Waals surface area contributed by atoms with Crippen molar-refractivity contribution in [1.29, 1.82) is 0 Å². The van der Waals surface area contributed by atoms with Crippen molar-refractivity contribution in [3.63, 3.8) is 0 Å². The highest BCUT2D eigenvalue weighted by Crippen LogP contribution is 2.35. The predicted octanol–water partition coefficient (Wildman–Crippen LogP) is 2.66. The van der Waals surface area contributed by atoms with Crippen LogP contribution in [0.4, 0.5) is 0 Å². The number of ether oxygens (including phenoxy) is 2. The molecule has 2 fully saturated rings. The van der Waals surface area contributed by atoms with E-state index in [0.29, 0.717) is 0 Å². The van der Waals surface area contributed by atoms with Gasteiger partial charge in [0, 0.05) is 20.1 Å². The monoisotopic (exact) mass is 283 g/mol. The Bertz CT molecular complexity index is 307. The molecule has 116 valence electrons. The summed E-state index contributed by atoms with van der Waals surface area (Å²) < 4.78 is 11.3. The first kappa shape index (κ1) is 15.8. The highest BCUT2D eigenvalue weighted by molar-refractivity contribution is 5.77. The summed E-state index contributed by atoms with van der Waals surface area (Å²) in [5.74, 6) is 0.0216. The lowest BCUT2D eigenvalue weighted by Gasteiger charge is -2.37. The Kier molecular flexibility index (Phi) is 5.85. The largest absolute Gasteiger partial charge is 0.462 e. The molecule has 0 aromatic heterocycles. The van der Waals surface area contributed by atoms with Gasteiger partial charge in [-0.15, -0.1) is 0 Å². The van der Waals surface area contributed by atoms with Crippen molar-refractivity contribution in [3.8, 4) is 0 Å². The second kappa shape index (κ2) is 7.41. The molecule has 0 spiro atoms. The van der Waals surface area contributed by atoms with Gasteiger partial charge < -0.3 is 14.8 Å². The summed E-state index contributed by atoms with van der Waals surface area (Å²) >= 11 is 0. The maximum absolute atomic E-state index is 12.7. The highest BCUT2D eigenvalue weighted by atomic mass is 16.5. The van der Waals surface area contributed by atoms with Crippen LogP contribution in [0.25, 0.3) is 0 Å². The van der Waals surface area contributed by atoms with E-state index in [4.69, 9.17) is 9.47 Å². The zero-order valence-corrected chi connectivity index (χ0v) is 13.0. The quantitative estimate of drug-likeness (QED) is 0.788. The lowest BCUT2D eigenvalue weighted by atomic mass is 9.77. The number of rotatable bonds is 5. The van der Waals surface area contributed by atoms with Crippen molar-refractivity contribution in [3.05, 3.63) is 0 Å². The number of esters is 1. The molecule has 0 amide bonds. The van der Waals surface area contributed by atoms with Gasteiger partial charge in [-0.05, 0) is 45.1 Å². The van der Waals surface area contributed by atoms with Crippen LogP contribution >= 0.6 is 0 Å². The number of nitrogens with one attached hydrogen (secondary N) is 1. The Hall–Kier alpha value is -0.610. The van der Waals surface area contributed by atoms with E-state index in [1.165, 1.54) is 0 Å². The summed E-state index contributed by atoms with van der Waals surface area (Å²) in [6, 6.07) is 0. The first-order valence-electron chi connectivity index (χ1n) is 8.15. The number of hydrogen-bond acceptors (Lipinski definition) is 4. The summed E-state index contributed by atoms with van der Waals surface area (Å²) in [6.07, 6.45) is 8.33. The number of carbonyl (C=O) groups is 1. The Balaban J connectivity index is 1.94. The molecule has 1 heterocycles. The lowest BCUT2D eigenvalue weighted by molar-refractivity contribution is -0.167. The molecule has 3 atom stereocenters. The van der Waals surface area contributed by atoms with Gasteiger partial charge in [0.1, 0.15) is 6.10 Å². The van der Waals surface area contributed by atoms with Gasteiger partial charge in [-0.3, -0.25) is 4.79 Å². The fourth-order valence-electron chi connectivity index (χ4n) is 3.64. The summed E-state index contributed by atoms with van der Waals surface area (Å²) in [5, 5.41) is 3.37. The minimum Gasteiger partial charge on any atom is -0.462 e. The van der Waals surface area contributed by atoms with E-state index in [1.807, 2.05) is 0 Å². The molecule has 0 aromatic rings. The van der Waals surface area contributed by atoms with Crippen molar-refractivity contribution >= 4 is 5.97 Å². The fraction of sp³-hybridized carbons (Fsp3) is 0.938. The van der Waals surface area contributed by atoms with E-state index in [0.717, 1.165) is 64.5 Å². The topological polar surface area (TPSA) is 47.6 Å². The van der Waals surface area contributed by atoms with Gasteiger partial charge in [0.15, 0.2) is 0 Å². The van der Waals surface area contributed by atoms with Gasteiger partial charge >= 0.3 is 5.97 Å². The number of carbonyl (C=O) groups excluding carboxylic acids is 1. The lowest BCUT2D eigenvalue weighted by Crippen LogP contribution is -2.47. The molecule has 20 heavy (non-hydrogen) atoms. The molecule has 0 radical (unpaired) electrons. The minimum atomic E-state index is -0.285. The van der Waals surface area contributed by atoms with Gasteiger partial charge in [-0.25, -0.2) is 0 Å². The maximum atomic E-state index is 12.7. The van der Waals surface area contributed by atoms with Crippen LogP contribution in [0.3, 0.4) is 0 Å². The molecular formula is C16H29NO3. The van der Waals surface area contributed by atoms with Crippen molar-refractivity contribution in [2.75, 3.05) is 20.2 Å². The molecular weight excluding hydrogens is 254 g/mol. The van der Waals surface area contributed by atoms with E-state index in [9.17, 15) is 4.79 Å². The molecule has 1 aliphatic heterocycles. The van der Waals surface area contributed by atoms with Crippen LogP contribution in [0.5, 0.6) is 0 Å². The molecule has 1 saturated heterocycles. The number of hydrogen-bond donors (Lipinski definition) is 1. The van der Waals surface area contributed by atoms with Gasteiger partial charge in [-0.1, -0.05) is 13.3 Å². The van der Waals surface area contributed by atoms with E-state index >= 15 is 0 Å². The summed E-state index contributed by atoms with van der Waals surface area (Å²) in [6.45, 7) is 3.94. The molecule has 0 aromatic carbocycles. The third-order valence-electron chi connectivity index (χ3n) is 4.82. The smallest absolute Gasteiger partial charge is 0.313 e. The summed E-state index contributed by atoms with van der Waals surface area (Å²) in [7, 11) is 1.75. The Morgan fingerprint density at radius 1 is 1.30 bits per heavy atom. The third kappa shape index (κ3) is 3.73. The second-order valence-corrected chi connectivity index (χ2v) is 6.36. The third-order valence-corrected chi connectivity index (χ3v) is 4.82. The molecule has 1 N–H and O–H groups in total. The molecule has 2 rings (SSSR count). The van der Waals surface area contributed by atoms with Gasteiger partial charge in [0.2, 0.25) is 0 Å². The Morgan fingerprint density at radius 2 is 2.10 bits per heavy atom.